The average Bonchev–Trinajstić information content (AvgIpc) is 2.68. The molecule has 0 fully saturated rings. The summed E-state index contributed by atoms with van der Waals surface area (Å²) in [7, 11) is 0. The number of rotatable bonds is 10. The van der Waals surface area contributed by atoms with Crippen LogP contribution in [0.1, 0.15) is 44.6 Å². The van der Waals surface area contributed by atoms with E-state index in [0.29, 0.717) is 12.0 Å². The lowest BCUT2D eigenvalue weighted by Gasteiger charge is -2.14. The second-order valence-electron chi connectivity index (χ2n) is 6.79. The van der Waals surface area contributed by atoms with E-state index in [-0.39, 0.29) is 35.3 Å². The first-order chi connectivity index (χ1) is 14.2. The summed E-state index contributed by atoms with van der Waals surface area (Å²) >= 11 is 0. The molecule has 30 heavy (non-hydrogen) atoms. The van der Waals surface area contributed by atoms with Gasteiger partial charge < -0.3 is 21.1 Å². The van der Waals surface area contributed by atoms with Crippen molar-refractivity contribution in [1.29, 1.82) is 0 Å². The lowest BCUT2D eigenvalue weighted by atomic mass is 10.1. The van der Waals surface area contributed by atoms with Crippen molar-refractivity contribution < 1.29 is 27.1 Å². The SMILES string of the molecule is CCCCCCC(=O)Nc1ccc(NCc2ccc(OC(F)(F)F)cc2)c(F)c1N. The Morgan fingerprint density at radius 1 is 1.03 bits per heavy atom. The zero-order valence-electron chi connectivity index (χ0n) is 16.6. The summed E-state index contributed by atoms with van der Waals surface area (Å²) in [6, 6.07) is 8.16. The zero-order valence-corrected chi connectivity index (χ0v) is 16.6. The van der Waals surface area contributed by atoms with E-state index in [1.165, 1.54) is 36.4 Å². The molecule has 0 atom stereocenters. The predicted octanol–water partition coefficient (Wildman–Crippen LogP) is 5.83. The summed E-state index contributed by atoms with van der Waals surface area (Å²) in [6.45, 7) is 2.24. The Kier molecular flexibility index (Phi) is 8.32. The molecule has 0 aliphatic carbocycles. The van der Waals surface area contributed by atoms with Crippen LogP contribution in [0.2, 0.25) is 0 Å². The van der Waals surface area contributed by atoms with Crippen molar-refractivity contribution in [2.45, 2.75) is 51.9 Å². The van der Waals surface area contributed by atoms with E-state index in [9.17, 15) is 22.4 Å². The van der Waals surface area contributed by atoms with Gasteiger partial charge in [0.1, 0.15) is 5.75 Å². The van der Waals surface area contributed by atoms with Gasteiger partial charge in [-0.1, -0.05) is 38.3 Å². The molecule has 164 valence electrons. The molecule has 0 heterocycles. The maximum atomic E-state index is 14.5. The number of carbonyl (C=O) groups excluding carboxylic acids is 1. The fraction of sp³-hybridized carbons (Fsp3) is 0.381. The van der Waals surface area contributed by atoms with Crippen LogP contribution in [0.4, 0.5) is 34.6 Å². The van der Waals surface area contributed by atoms with Crippen molar-refractivity contribution in [1.82, 2.24) is 0 Å². The molecular formula is C21H25F4N3O2. The van der Waals surface area contributed by atoms with E-state index in [1.807, 2.05) is 0 Å². The minimum atomic E-state index is -4.76. The van der Waals surface area contributed by atoms with Crippen molar-refractivity contribution in [3.8, 4) is 5.75 Å². The number of anilines is 3. The first-order valence-corrected chi connectivity index (χ1v) is 9.66. The molecule has 0 bridgehead atoms. The summed E-state index contributed by atoms with van der Waals surface area (Å²) in [6.07, 6.45) is -0.571. The number of nitrogen functional groups attached to an aromatic ring is 1. The molecule has 9 heteroatoms. The molecular weight excluding hydrogens is 402 g/mol. The lowest BCUT2D eigenvalue weighted by Crippen LogP contribution is -2.17. The highest BCUT2D eigenvalue weighted by Crippen LogP contribution is 2.29. The van der Waals surface area contributed by atoms with E-state index < -0.39 is 12.2 Å². The molecule has 0 saturated heterocycles. The van der Waals surface area contributed by atoms with Crippen LogP contribution in [-0.4, -0.2) is 12.3 Å². The molecule has 0 saturated carbocycles. The number of unbranched alkanes of at least 4 members (excludes halogenated alkanes) is 3. The monoisotopic (exact) mass is 427 g/mol. The van der Waals surface area contributed by atoms with E-state index in [4.69, 9.17) is 5.73 Å². The lowest BCUT2D eigenvalue weighted by molar-refractivity contribution is -0.274. The normalized spacial score (nSPS) is 11.2. The van der Waals surface area contributed by atoms with Gasteiger partial charge in [0.2, 0.25) is 5.91 Å². The summed E-state index contributed by atoms with van der Waals surface area (Å²) in [5, 5.41) is 5.45. The maximum absolute atomic E-state index is 14.5. The van der Waals surface area contributed by atoms with Gasteiger partial charge in [-0.2, -0.15) is 0 Å². The van der Waals surface area contributed by atoms with Crippen LogP contribution < -0.4 is 21.1 Å². The fourth-order valence-electron chi connectivity index (χ4n) is 2.77. The third kappa shape index (κ3) is 7.46. The molecule has 0 unspecified atom stereocenters. The Morgan fingerprint density at radius 2 is 1.70 bits per heavy atom. The molecule has 0 radical (unpaired) electrons. The highest BCUT2D eigenvalue weighted by atomic mass is 19.4. The van der Waals surface area contributed by atoms with Gasteiger partial charge in [-0.05, 0) is 36.2 Å². The van der Waals surface area contributed by atoms with Gasteiger partial charge in [0, 0.05) is 13.0 Å². The Bertz CT molecular complexity index is 839. The van der Waals surface area contributed by atoms with E-state index in [0.717, 1.165) is 25.7 Å². The number of amides is 1. The largest absolute Gasteiger partial charge is 0.573 e. The van der Waals surface area contributed by atoms with Crippen LogP contribution in [0.5, 0.6) is 5.75 Å². The third-order valence-corrected chi connectivity index (χ3v) is 4.35. The maximum Gasteiger partial charge on any atom is 0.573 e. The van der Waals surface area contributed by atoms with E-state index in [2.05, 4.69) is 22.3 Å². The number of halogens is 4. The molecule has 2 aromatic rings. The molecule has 2 rings (SSSR count). The highest BCUT2D eigenvalue weighted by molar-refractivity contribution is 5.94. The van der Waals surface area contributed by atoms with Crippen molar-refractivity contribution in [2.75, 3.05) is 16.4 Å². The standard InChI is InChI=1S/C21H25F4N3O2/c1-2-3-4-5-6-18(29)28-17-12-11-16(19(22)20(17)26)27-13-14-7-9-15(10-8-14)30-21(23,24)25/h7-12,27H,2-6,13,26H2,1H3,(H,28,29). The number of benzene rings is 2. The van der Waals surface area contributed by atoms with Crippen molar-refractivity contribution in [2.24, 2.45) is 0 Å². The number of ether oxygens (including phenoxy) is 1. The number of nitrogens with one attached hydrogen (secondary N) is 2. The first kappa shape index (κ1) is 23.3. The van der Waals surface area contributed by atoms with Crippen LogP contribution >= 0.6 is 0 Å². The molecule has 2 aromatic carbocycles. The van der Waals surface area contributed by atoms with Crippen LogP contribution in [0, 0.1) is 5.82 Å². The number of hydrogen-bond donors (Lipinski definition) is 3. The van der Waals surface area contributed by atoms with Gasteiger partial charge in [-0.3, -0.25) is 4.79 Å². The Labute approximate surface area is 172 Å². The highest BCUT2D eigenvalue weighted by Gasteiger charge is 2.30. The molecule has 5 nitrogen and oxygen atoms in total. The molecule has 1 amide bonds. The van der Waals surface area contributed by atoms with Crippen LogP contribution in [0.3, 0.4) is 0 Å². The van der Waals surface area contributed by atoms with Crippen molar-refractivity contribution in [3.05, 3.63) is 47.8 Å². The molecule has 0 aliphatic heterocycles. The smallest absolute Gasteiger partial charge is 0.406 e. The van der Waals surface area contributed by atoms with Crippen LogP contribution in [0.25, 0.3) is 0 Å². The van der Waals surface area contributed by atoms with Gasteiger partial charge in [0.25, 0.3) is 0 Å². The minimum Gasteiger partial charge on any atom is -0.406 e. The topological polar surface area (TPSA) is 76.4 Å². The van der Waals surface area contributed by atoms with Gasteiger partial charge >= 0.3 is 6.36 Å². The van der Waals surface area contributed by atoms with Crippen molar-refractivity contribution >= 4 is 23.0 Å². The Balaban J connectivity index is 1.93. The molecule has 0 aliphatic rings. The quantitative estimate of drug-likeness (QED) is 0.253. The van der Waals surface area contributed by atoms with E-state index >= 15 is 0 Å². The number of alkyl halides is 3. The molecule has 4 N–H and O–H groups in total. The number of carbonyl (C=O) groups is 1. The van der Waals surface area contributed by atoms with Gasteiger partial charge in [-0.25, -0.2) is 4.39 Å². The summed E-state index contributed by atoms with van der Waals surface area (Å²) < 4.78 is 54.9. The fourth-order valence-corrected chi connectivity index (χ4v) is 2.77. The van der Waals surface area contributed by atoms with Crippen LogP contribution in [0.15, 0.2) is 36.4 Å². The second-order valence-corrected chi connectivity index (χ2v) is 6.79. The van der Waals surface area contributed by atoms with Gasteiger partial charge in [-0.15, -0.1) is 13.2 Å². The summed E-state index contributed by atoms with van der Waals surface area (Å²) in [4.78, 5) is 12.0. The average molecular weight is 427 g/mol. The predicted molar refractivity (Wildman–Crippen MR) is 109 cm³/mol. The third-order valence-electron chi connectivity index (χ3n) is 4.35. The minimum absolute atomic E-state index is 0.115. The number of hydrogen-bond acceptors (Lipinski definition) is 4. The zero-order chi connectivity index (χ0) is 22.1. The van der Waals surface area contributed by atoms with Crippen molar-refractivity contribution in [3.63, 3.8) is 0 Å². The summed E-state index contributed by atoms with van der Waals surface area (Å²) in [5.74, 6) is -1.27. The first-order valence-electron chi connectivity index (χ1n) is 9.66. The number of nitrogens with two attached hydrogens (primary N) is 1. The summed E-state index contributed by atoms with van der Waals surface area (Å²) in [5.41, 5.74) is 6.55. The van der Waals surface area contributed by atoms with Gasteiger partial charge in [0.15, 0.2) is 5.82 Å². The Hall–Kier alpha value is -2.97. The van der Waals surface area contributed by atoms with Gasteiger partial charge in [0.05, 0.1) is 17.1 Å². The van der Waals surface area contributed by atoms with Crippen LogP contribution in [-0.2, 0) is 11.3 Å². The molecule has 0 aromatic heterocycles. The Morgan fingerprint density at radius 3 is 2.33 bits per heavy atom. The van der Waals surface area contributed by atoms with E-state index in [1.54, 1.807) is 0 Å². The second kappa shape index (κ2) is 10.7. The molecule has 0 spiro atoms.